The summed E-state index contributed by atoms with van der Waals surface area (Å²) in [6, 6.07) is 10.6. The van der Waals surface area contributed by atoms with E-state index in [0.717, 1.165) is 23.7 Å². The molecular weight excluding hydrogens is 465 g/mol. The zero-order chi connectivity index (χ0) is 23.0. The van der Waals surface area contributed by atoms with Crippen molar-refractivity contribution in [3.05, 3.63) is 64.8 Å². The minimum Gasteiger partial charge on any atom is -0.364 e. The highest BCUT2D eigenvalue weighted by Gasteiger charge is 2.23. The molecular formula is C20H20FNO6S3. The van der Waals surface area contributed by atoms with Gasteiger partial charge < -0.3 is 10.2 Å². The summed E-state index contributed by atoms with van der Waals surface area (Å²) in [5.74, 6) is 0. The van der Waals surface area contributed by atoms with Crippen molar-refractivity contribution in [1.29, 1.82) is 0 Å². The molecule has 0 saturated carbocycles. The van der Waals surface area contributed by atoms with Crippen LogP contribution < -0.4 is 4.72 Å². The Kier molecular flexibility index (Phi) is 6.53. The zero-order valence-corrected chi connectivity index (χ0v) is 19.0. The molecule has 31 heavy (non-hydrogen) atoms. The van der Waals surface area contributed by atoms with Crippen molar-refractivity contribution in [2.24, 2.45) is 0 Å². The van der Waals surface area contributed by atoms with Gasteiger partial charge in [0.05, 0.1) is 15.5 Å². The first-order valence-corrected chi connectivity index (χ1v) is 13.2. The van der Waals surface area contributed by atoms with Gasteiger partial charge in [-0.2, -0.15) is 4.39 Å². The van der Waals surface area contributed by atoms with Crippen LogP contribution in [0.25, 0.3) is 10.4 Å². The summed E-state index contributed by atoms with van der Waals surface area (Å²) in [5.41, 5.74) is 0.686. The normalized spacial score (nSPS) is 12.3. The lowest BCUT2D eigenvalue weighted by Gasteiger charge is -2.16. The van der Waals surface area contributed by atoms with Crippen LogP contribution >= 0.6 is 11.3 Å². The standard InChI is InChI=1S/C20H20FNO6S3/c1-3-12-4-5-13(20(23)24)10-18(12)31(27,28)22-16-11-14(30(2,25)26)6-7-15(16)17-8-9-19(21)29-17/h4-11,20,22-24H,3H2,1-2H3. The van der Waals surface area contributed by atoms with Crippen LogP contribution in [0.3, 0.4) is 0 Å². The third kappa shape index (κ3) is 5.13. The van der Waals surface area contributed by atoms with Gasteiger partial charge in [-0.05, 0) is 42.3 Å². The molecule has 0 amide bonds. The fourth-order valence-corrected chi connectivity index (χ4v) is 5.82. The van der Waals surface area contributed by atoms with E-state index in [-0.39, 0.29) is 21.0 Å². The van der Waals surface area contributed by atoms with E-state index < -0.39 is 31.3 Å². The number of sulfonamides is 1. The van der Waals surface area contributed by atoms with Crippen molar-refractivity contribution in [2.45, 2.75) is 29.4 Å². The number of aryl methyl sites for hydroxylation is 1. The Morgan fingerprint density at radius 1 is 1.03 bits per heavy atom. The van der Waals surface area contributed by atoms with E-state index in [2.05, 4.69) is 4.72 Å². The number of hydrogen-bond acceptors (Lipinski definition) is 7. The van der Waals surface area contributed by atoms with Crippen molar-refractivity contribution < 1.29 is 31.4 Å². The first kappa shape index (κ1) is 23.4. The molecule has 11 heteroatoms. The molecule has 0 spiro atoms. The molecule has 0 aliphatic carbocycles. The second kappa shape index (κ2) is 8.67. The van der Waals surface area contributed by atoms with Crippen LogP contribution in [0, 0.1) is 5.13 Å². The summed E-state index contributed by atoms with van der Waals surface area (Å²) in [6.07, 6.45) is -0.519. The Morgan fingerprint density at radius 3 is 2.29 bits per heavy atom. The number of nitrogens with one attached hydrogen (secondary N) is 1. The van der Waals surface area contributed by atoms with Gasteiger partial charge in [-0.1, -0.05) is 25.1 Å². The molecule has 3 aromatic rings. The van der Waals surface area contributed by atoms with E-state index in [0.29, 0.717) is 22.4 Å². The van der Waals surface area contributed by atoms with Crippen molar-refractivity contribution in [3.8, 4) is 10.4 Å². The first-order valence-electron chi connectivity index (χ1n) is 9.04. The molecule has 3 rings (SSSR count). The lowest BCUT2D eigenvalue weighted by atomic mass is 10.1. The van der Waals surface area contributed by atoms with E-state index in [1.807, 2.05) is 0 Å². The van der Waals surface area contributed by atoms with E-state index in [1.54, 1.807) is 6.92 Å². The molecule has 3 N–H and O–H groups in total. The third-order valence-electron chi connectivity index (χ3n) is 4.56. The zero-order valence-electron chi connectivity index (χ0n) is 16.5. The van der Waals surface area contributed by atoms with Crippen LogP contribution in [0.2, 0.25) is 0 Å². The summed E-state index contributed by atoms with van der Waals surface area (Å²) >= 11 is 0.787. The van der Waals surface area contributed by atoms with Crippen LogP contribution in [-0.4, -0.2) is 33.3 Å². The van der Waals surface area contributed by atoms with Crippen molar-refractivity contribution in [3.63, 3.8) is 0 Å². The number of aliphatic hydroxyl groups excluding tert-OH is 1. The molecule has 0 aliphatic heterocycles. The second-order valence-electron chi connectivity index (χ2n) is 6.78. The van der Waals surface area contributed by atoms with Gasteiger partial charge in [0.25, 0.3) is 10.0 Å². The molecule has 0 unspecified atom stereocenters. The Labute approximate surface area is 183 Å². The maximum atomic E-state index is 13.6. The Hall–Kier alpha value is -2.31. The van der Waals surface area contributed by atoms with Gasteiger partial charge in [0, 0.05) is 22.3 Å². The minimum absolute atomic E-state index is 0.0111. The Balaban J connectivity index is 2.17. The quantitative estimate of drug-likeness (QED) is 0.442. The number of anilines is 1. The van der Waals surface area contributed by atoms with Gasteiger partial charge in [0.15, 0.2) is 21.3 Å². The molecule has 0 radical (unpaired) electrons. The third-order valence-corrected chi connectivity index (χ3v) is 8.03. The van der Waals surface area contributed by atoms with Crippen molar-refractivity contribution >= 4 is 36.9 Å². The molecule has 1 aromatic heterocycles. The summed E-state index contributed by atoms with van der Waals surface area (Å²) in [4.78, 5) is 0.125. The van der Waals surface area contributed by atoms with Gasteiger partial charge >= 0.3 is 0 Å². The molecule has 0 saturated heterocycles. The molecule has 166 valence electrons. The van der Waals surface area contributed by atoms with Crippen LogP contribution in [0.1, 0.15) is 24.3 Å². The number of benzene rings is 2. The summed E-state index contributed by atoms with van der Waals surface area (Å²) in [7, 11) is -7.90. The highest BCUT2D eigenvalue weighted by molar-refractivity contribution is 7.92. The predicted molar refractivity (Wildman–Crippen MR) is 117 cm³/mol. The smallest absolute Gasteiger partial charge is 0.262 e. The van der Waals surface area contributed by atoms with Crippen molar-refractivity contribution in [1.82, 2.24) is 0 Å². The lowest BCUT2D eigenvalue weighted by molar-refractivity contribution is -0.0426. The molecule has 0 aliphatic rings. The van der Waals surface area contributed by atoms with Crippen LogP contribution in [0.4, 0.5) is 10.1 Å². The predicted octanol–water partition coefficient (Wildman–Crippen LogP) is 3.30. The molecule has 7 nitrogen and oxygen atoms in total. The average molecular weight is 486 g/mol. The lowest BCUT2D eigenvalue weighted by Crippen LogP contribution is -2.16. The van der Waals surface area contributed by atoms with Gasteiger partial charge in [-0.3, -0.25) is 4.72 Å². The fourth-order valence-electron chi connectivity index (χ4n) is 2.99. The van der Waals surface area contributed by atoms with E-state index in [9.17, 15) is 31.4 Å². The average Bonchev–Trinajstić information content (AvgIpc) is 3.12. The van der Waals surface area contributed by atoms with E-state index >= 15 is 0 Å². The Morgan fingerprint density at radius 2 is 1.74 bits per heavy atom. The maximum absolute atomic E-state index is 13.6. The van der Waals surface area contributed by atoms with Gasteiger partial charge in [0.2, 0.25) is 0 Å². The van der Waals surface area contributed by atoms with Gasteiger partial charge in [-0.25, -0.2) is 16.8 Å². The maximum Gasteiger partial charge on any atom is 0.262 e. The van der Waals surface area contributed by atoms with E-state index in [1.165, 1.54) is 42.5 Å². The fraction of sp³-hybridized carbons (Fsp3) is 0.200. The van der Waals surface area contributed by atoms with E-state index in [4.69, 9.17) is 0 Å². The highest BCUT2D eigenvalue weighted by atomic mass is 32.2. The van der Waals surface area contributed by atoms with Crippen LogP contribution in [-0.2, 0) is 26.3 Å². The van der Waals surface area contributed by atoms with Gasteiger partial charge in [0.1, 0.15) is 0 Å². The molecule has 0 bridgehead atoms. The van der Waals surface area contributed by atoms with Crippen LogP contribution in [0.5, 0.6) is 0 Å². The molecule has 0 atom stereocenters. The Bertz CT molecular complexity index is 1330. The van der Waals surface area contributed by atoms with Crippen molar-refractivity contribution in [2.75, 3.05) is 11.0 Å². The van der Waals surface area contributed by atoms with Gasteiger partial charge in [-0.15, -0.1) is 11.3 Å². The number of hydrogen-bond donors (Lipinski definition) is 3. The number of sulfone groups is 1. The highest BCUT2D eigenvalue weighted by Crippen LogP contribution is 2.36. The van der Waals surface area contributed by atoms with Crippen LogP contribution in [0.15, 0.2) is 58.3 Å². The minimum atomic E-state index is -4.25. The SMILES string of the molecule is CCc1ccc(C(O)O)cc1S(=O)(=O)Nc1cc(S(C)(=O)=O)ccc1-c1ccc(F)s1. The first-order chi connectivity index (χ1) is 14.4. The molecule has 1 heterocycles. The number of halogens is 1. The summed E-state index contributed by atoms with van der Waals surface area (Å²) in [5, 5.41) is 18.4. The molecule has 2 aromatic carbocycles. The molecule has 0 fully saturated rings. The number of thiophene rings is 1. The monoisotopic (exact) mass is 485 g/mol. The second-order valence-corrected chi connectivity index (χ2v) is 11.5. The number of rotatable bonds is 7. The largest absolute Gasteiger partial charge is 0.364 e. The summed E-state index contributed by atoms with van der Waals surface area (Å²) in [6.45, 7) is 1.74. The topological polar surface area (TPSA) is 121 Å². The number of aliphatic hydroxyl groups is 2. The summed E-state index contributed by atoms with van der Waals surface area (Å²) < 4.78 is 66.4.